The smallest absolute Gasteiger partial charge is 0.228 e. The molecule has 4 rings (SSSR count). The lowest BCUT2D eigenvalue weighted by molar-refractivity contribution is -0.134. The Balaban J connectivity index is 1.37. The van der Waals surface area contributed by atoms with Crippen molar-refractivity contribution < 1.29 is 14.0 Å². The van der Waals surface area contributed by atoms with Gasteiger partial charge in [-0.3, -0.25) is 14.6 Å². The molecular weight excluding hydrogens is 344 g/mol. The van der Waals surface area contributed by atoms with Crippen LogP contribution in [0.15, 0.2) is 28.9 Å². The van der Waals surface area contributed by atoms with Crippen molar-refractivity contribution in [3.05, 3.63) is 36.0 Å². The van der Waals surface area contributed by atoms with Gasteiger partial charge in [0.05, 0.1) is 12.1 Å². The zero-order valence-corrected chi connectivity index (χ0v) is 15.4. The molecular formula is C20H24N4O3. The number of hydrogen-bond acceptors (Lipinski definition) is 5. The summed E-state index contributed by atoms with van der Waals surface area (Å²) in [5.74, 6) is 1.65. The van der Waals surface area contributed by atoms with Gasteiger partial charge in [0.15, 0.2) is 0 Å². The van der Waals surface area contributed by atoms with Gasteiger partial charge in [-0.25, -0.2) is 4.98 Å². The highest BCUT2D eigenvalue weighted by Gasteiger charge is 2.26. The summed E-state index contributed by atoms with van der Waals surface area (Å²) in [6, 6.07) is 3.75. The molecule has 2 aromatic heterocycles. The Bertz CT molecular complexity index is 818. The predicted octanol–water partition coefficient (Wildman–Crippen LogP) is 2.41. The molecule has 0 bridgehead atoms. The third-order valence-electron chi connectivity index (χ3n) is 5.26. The number of amides is 2. The van der Waals surface area contributed by atoms with E-state index in [-0.39, 0.29) is 11.8 Å². The number of fused-ring (bicyclic) bond motifs is 1. The van der Waals surface area contributed by atoms with E-state index >= 15 is 0 Å². The normalized spacial score (nSPS) is 17.6. The molecule has 0 saturated carbocycles. The second-order valence-electron chi connectivity index (χ2n) is 7.14. The van der Waals surface area contributed by atoms with E-state index in [1.165, 1.54) is 0 Å². The highest BCUT2D eigenvalue weighted by Crippen LogP contribution is 2.26. The average molecular weight is 368 g/mol. The number of hydrogen-bond donors (Lipinski definition) is 0. The summed E-state index contributed by atoms with van der Waals surface area (Å²) in [4.78, 5) is 37.0. The lowest BCUT2D eigenvalue weighted by Gasteiger charge is -2.27. The number of rotatable bonds is 4. The molecule has 0 N–H and O–H groups in total. The summed E-state index contributed by atoms with van der Waals surface area (Å²) < 4.78 is 5.86. The van der Waals surface area contributed by atoms with E-state index in [0.29, 0.717) is 44.8 Å². The van der Waals surface area contributed by atoms with Crippen molar-refractivity contribution in [3.8, 4) is 11.5 Å². The third kappa shape index (κ3) is 4.02. The van der Waals surface area contributed by atoms with E-state index in [2.05, 4.69) is 9.97 Å². The maximum Gasteiger partial charge on any atom is 0.228 e. The van der Waals surface area contributed by atoms with Gasteiger partial charge >= 0.3 is 0 Å². The van der Waals surface area contributed by atoms with Crippen LogP contribution in [0.1, 0.15) is 43.6 Å². The van der Waals surface area contributed by atoms with Crippen molar-refractivity contribution in [3.63, 3.8) is 0 Å². The van der Waals surface area contributed by atoms with Gasteiger partial charge in [0, 0.05) is 51.3 Å². The van der Waals surface area contributed by atoms with E-state index in [1.807, 2.05) is 21.9 Å². The lowest BCUT2D eigenvalue weighted by atomic mass is 10.1. The van der Waals surface area contributed by atoms with Gasteiger partial charge in [0.25, 0.3) is 0 Å². The van der Waals surface area contributed by atoms with Crippen molar-refractivity contribution in [1.29, 1.82) is 0 Å². The number of nitrogens with zero attached hydrogens (tertiary/aromatic N) is 4. The Morgan fingerprint density at radius 1 is 1.19 bits per heavy atom. The van der Waals surface area contributed by atoms with Gasteiger partial charge in [-0.1, -0.05) is 6.42 Å². The van der Waals surface area contributed by atoms with Gasteiger partial charge in [-0.05, 0) is 25.0 Å². The van der Waals surface area contributed by atoms with Crippen molar-refractivity contribution in [1.82, 2.24) is 19.8 Å². The van der Waals surface area contributed by atoms with Crippen molar-refractivity contribution in [2.45, 2.75) is 45.1 Å². The summed E-state index contributed by atoms with van der Waals surface area (Å²) in [5.41, 5.74) is 1.66. The van der Waals surface area contributed by atoms with Crippen LogP contribution in [0.5, 0.6) is 0 Å². The van der Waals surface area contributed by atoms with Gasteiger partial charge < -0.3 is 14.2 Å². The molecule has 27 heavy (non-hydrogen) atoms. The molecule has 2 aromatic rings. The van der Waals surface area contributed by atoms with E-state index in [0.717, 1.165) is 42.8 Å². The minimum absolute atomic E-state index is 0.0728. The molecule has 2 aliphatic heterocycles. The first-order valence-electron chi connectivity index (χ1n) is 9.65. The van der Waals surface area contributed by atoms with E-state index in [1.54, 1.807) is 12.4 Å². The number of carbonyl (C=O) groups is 2. The molecule has 1 saturated heterocycles. The topological polar surface area (TPSA) is 79.5 Å². The van der Waals surface area contributed by atoms with E-state index < -0.39 is 0 Å². The number of carbonyl (C=O) groups excluding carboxylic acids is 2. The van der Waals surface area contributed by atoms with Crippen LogP contribution in [0, 0.1) is 0 Å². The fourth-order valence-corrected chi connectivity index (χ4v) is 3.69. The van der Waals surface area contributed by atoms with Crippen LogP contribution in [0.4, 0.5) is 0 Å². The summed E-state index contributed by atoms with van der Waals surface area (Å²) in [5, 5.41) is 0. The lowest BCUT2D eigenvalue weighted by Crippen LogP contribution is -2.39. The average Bonchev–Trinajstić information content (AvgIpc) is 3.02. The van der Waals surface area contributed by atoms with Crippen molar-refractivity contribution in [2.24, 2.45) is 0 Å². The summed E-state index contributed by atoms with van der Waals surface area (Å²) in [6.45, 7) is 2.38. The first kappa shape index (κ1) is 17.7. The fraction of sp³-hybridized carbons (Fsp3) is 0.500. The molecule has 1 fully saturated rings. The second-order valence-corrected chi connectivity index (χ2v) is 7.14. The number of aromatic nitrogens is 2. The molecule has 0 radical (unpaired) electrons. The van der Waals surface area contributed by atoms with Gasteiger partial charge in [-0.15, -0.1) is 0 Å². The van der Waals surface area contributed by atoms with Crippen LogP contribution in [0.25, 0.3) is 11.5 Å². The zero-order valence-electron chi connectivity index (χ0n) is 15.4. The van der Waals surface area contributed by atoms with Crippen LogP contribution in [-0.2, 0) is 22.6 Å². The standard InChI is InChI=1S/C20H24N4O3/c25-18-6-2-1-3-10-23(18)12-8-19(26)24-11-7-17-16(14-24)22-20(27-17)15-5-4-9-21-13-15/h4-5,9,13H,1-3,6-8,10-12,14H2. The van der Waals surface area contributed by atoms with Crippen LogP contribution in [0.2, 0.25) is 0 Å². The maximum absolute atomic E-state index is 12.6. The van der Waals surface area contributed by atoms with Gasteiger partial charge in [-0.2, -0.15) is 0 Å². The van der Waals surface area contributed by atoms with Gasteiger partial charge in [0.2, 0.25) is 17.7 Å². The Morgan fingerprint density at radius 3 is 2.96 bits per heavy atom. The highest BCUT2D eigenvalue weighted by atomic mass is 16.4. The molecule has 2 amide bonds. The first-order valence-corrected chi connectivity index (χ1v) is 9.65. The van der Waals surface area contributed by atoms with Crippen molar-refractivity contribution in [2.75, 3.05) is 19.6 Å². The molecule has 4 heterocycles. The summed E-state index contributed by atoms with van der Waals surface area (Å²) >= 11 is 0. The van der Waals surface area contributed by atoms with Crippen LogP contribution in [-0.4, -0.2) is 51.2 Å². The van der Waals surface area contributed by atoms with Gasteiger partial charge in [0.1, 0.15) is 11.5 Å². The molecule has 7 nitrogen and oxygen atoms in total. The minimum Gasteiger partial charge on any atom is -0.441 e. The molecule has 7 heteroatoms. The Hall–Kier alpha value is -2.70. The first-order chi connectivity index (χ1) is 13.2. The highest BCUT2D eigenvalue weighted by molar-refractivity contribution is 5.79. The number of likely N-dealkylation sites (tertiary alicyclic amines) is 1. The number of oxazole rings is 1. The molecule has 0 atom stereocenters. The SMILES string of the molecule is O=C1CCCCCN1CCC(=O)N1CCc2oc(-c3cccnc3)nc2C1. The Labute approximate surface area is 158 Å². The predicted molar refractivity (Wildman–Crippen MR) is 98.5 cm³/mol. The molecule has 0 spiro atoms. The molecule has 2 aliphatic rings. The fourth-order valence-electron chi connectivity index (χ4n) is 3.69. The van der Waals surface area contributed by atoms with Crippen molar-refractivity contribution >= 4 is 11.8 Å². The second kappa shape index (κ2) is 7.90. The van der Waals surface area contributed by atoms with Crippen LogP contribution < -0.4 is 0 Å². The largest absolute Gasteiger partial charge is 0.441 e. The quantitative estimate of drug-likeness (QED) is 0.828. The Kier molecular flexibility index (Phi) is 5.18. The minimum atomic E-state index is 0.0728. The monoisotopic (exact) mass is 368 g/mol. The van der Waals surface area contributed by atoms with Crippen LogP contribution >= 0.6 is 0 Å². The van der Waals surface area contributed by atoms with E-state index in [4.69, 9.17) is 4.42 Å². The molecule has 0 aliphatic carbocycles. The van der Waals surface area contributed by atoms with E-state index in [9.17, 15) is 9.59 Å². The molecule has 0 unspecified atom stereocenters. The Morgan fingerprint density at radius 2 is 2.11 bits per heavy atom. The molecule has 0 aromatic carbocycles. The maximum atomic E-state index is 12.6. The zero-order chi connectivity index (χ0) is 18.6. The van der Waals surface area contributed by atoms with Crippen LogP contribution in [0.3, 0.4) is 0 Å². The molecule has 142 valence electrons. The summed E-state index contributed by atoms with van der Waals surface area (Å²) in [7, 11) is 0. The third-order valence-corrected chi connectivity index (χ3v) is 5.26. The summed E-state index contributed by atoms with van der Waals surface area (Å²) in [6.07, 6.45) is 8.16. The number of pyridine rings is 1.